The highest BCUT2D eigenvalue weighted by Gasteiger charge is 2.52. The molecule has 2 N–H and O–H groups in total. The molecule has 0 bridgehead atoms. The molecule has 148 valence electrons. The predicted molar refractivity (Wildman–Crippen MR) is 114 cm³/mol. The van der Waals surface area contributed by atoms with Gasteiger partial charge >= 0.3 is 0 Å². The van der Waals surface area contributed by atoms with Crippen LogP contribution in [0.25, 0.3) is 22.6 Å². The summed E-state index contributed by atoms with van der Waals surface area (Å²) in [6.45, 7) is 2.04. The molecule has 5 rings (SSSR count). The largest absolute Gasteiger partial charge is 0.337 e. The highest BCUT2D eigenvalue weighted by Crippen LogP contribution is 2.47. The van der Waals surface area contributed by atoms with Gasteiger partial charge in [0.05, 0.1) is 20.9 Å². The fourth-order valence-electron chi connectivity index (χ4n) is 3.96. The zero-order chi connectivity index (χ0) is 20.2. The van der Waals surface area contributed by atoms with Gasteiger partial charge in [0.2, 0.25) is 11.8 Å². The average Bonchev–Trinajstić information content (AvgIpc) is 3.35. The third-order valence-corrected chi connectivity index (χ3v) is 7.20. The number of H-pyrrole nitrogens is 1. The molecule has 29 heavy (non-hydrogen) atoms. The van der Waals surface area contributed by atoms with Crippen molar-refractivity contribution in [1.29, 1.82) is 0 Å². The average molecular weight is 428 g/mol. The minimum absolute atomic E-state index is 0.0572. The molecule has 0 radical (unpaired) electrons. The zero-order valence-electron chi connectivity index (χ0n) is 15.6. The maximum atomic E-state index is 12.9. The lowest BCUT2D eigenvalue weighted by Crippen LogP contribution is -2.48. The first-order chi connectivity index (χ1) is 13.9. The van der Waals surface area contributed by atoms with E-state index < -0.39 is 6.04 Å². The molecule has 2 aromatic heterocycles. The molecular formula is C20H18ClN5O2S. The Morgan fingerprint density at radius 2 is 2.24 bits per heavy atom. The Morgan fingerprint density at radius 1 is 1.38 bits per heavy atom. The Hall–Kier alpha value is -2.58. The minimum Gasteiger partial charge on any atom is -0.337 e. The number of amides is 2. The number of benzene rings is 1. The number of pyridine rings is 1. The molecule has 2 atom stereocenters. The van der Waals surface area contributed by atoms with E-state index in [-0.39, 0.29) is 16.7 Å². The SMILES string of the molecule is C[C@]12CCC(=O)N1[C@H](C(=O)Nc1ccc3nc(-c4ccc(Cl)cn4)[nH]c3c1)CS2. The van der Waals surface area contributed by atoms with E-state index in [1.165, 1.54) is 0 Å². The summed E-state index contributed by atoms with van der Waals surface area (Å²) in [5.74, 6) is 1.15. The van der Waals surface area contributed by atoms with Gasteiger partial charge in [-0.1, -0.05) is 11.6 Å². The Balaban J connectivity index is 1.37. The third-order valence-electron chi connectivity index (χ3n) is 5.47. The van der Waals surface area contributed by atoms with E-state index in [9.17, 15) is 9.59 Å². The number of halogens is 1. The van der Waals surface area contributed by atoms with Gasteiger partial charge in [0.1, 0.15) is 11.7 Å². The van der Waals surface area contributed by atoms with Crippen LogP contribution in [0.3, 0.4) is 0 Å². The predicted octanol–water partition coefficient (Wildman–Crippen LogP) is 3.67. The van der Waals surface area contributed by atoms with Crippen molar-refractivity contribution in [1.82, 2.24) is 19.9 Å². The van der Waals surface area contributed by atoms with E-state index in [0.29, 0.717) is 34.4 Å². The number of nitrogens with one attached hydrogen (secondary N) is 2. The second-order valence-corrected chi connectivity index (χ2v) is 9.37. The molecule has 2 amide bonds. The van der Waals surface area contributed by atoms with E-state index in [1.54, 1.807) is 35.0 Å². The molecule has 3 aromatic rings. The van der Waals surface area contributed by atoms with Crippen molar-refractivity contribution in [3.63, 3.8) is 0 Å². The van der Waals surface area contributed by atoms with E-state index in [2.05, 4.69) is 20.3 Å². The van der Waals surface area contributed by atoms with Gasteiger partial charge in [-0.25, -0.2) is 4.98 Å². The lowest BCUT2D eigenvalue weighted by Gasteiger charge is -2.29. The summed E-state index contributed by atoms with van der Waals surface area (Å²) in [5, 5.41) is 3.52. The van der Waals surface area contributed by atoms with Crippen molar-refractivity contribution in [2.75, 3.05) is 11.1 Å². The van der Waals surface area contributed by atoms with Gasteiger partial charge in [-0.15, -0.1) is 11.8 Å². The van der Waals surface area contributed by atoms with Crippen LogP contribution in [-0.4, -0.2) is 48.3 Å². The Kier molecular flexibility index (Phi) is 4.29. The van der Waals surface area contributed by atoms with Crippen LogP contribution < -0.4 is 5.32 Å². The molecule has 1 aromatic carbocycles. The number of imidazole rings is 1. The van der Waals surface area contributed by atoms with Crippen molar-refractivity contribution in [2.24, 2.45) is 0 Å². The van der Waals surface area contributed by atoms with Crippen LogP contribution in [0.2, 0.25) is 5.02 Å². The van der Waals surface area contributed by atoms with E-state index in [1.807, 2.05) is 25.1 Å². The van der Waals surface area contributed by atoms with Gasteiger partial charge in [0.15, 0.2) is 5.82 Å². The number of fused-ring (bicyclic) bond motifs is 2. The van der Waals surface area contributed by atoms with Gasteiger partial charge < -0.3 is 15.2 Å². The summed E-state index contributed by atoms with van der Waals surface area (Å²) in [7, 11) is 0. The quantitative estimate of drug-likeness (QED) is 0.665. The van der Waals surface area contributed by atoms with Gasteiger partial charge in [-0.2, -0.15) is 0 Å². The number of carbonyl (C=O) groups excluding carboxylic acids is 2. The van der Waals surface area contributed by atoms with E-state index in [0.717, 1.165) is 17.5 Å². The van der Waals surface area contributed by atoms with Crippen LogP contribution in [0.15, 0.2) is 36.5 Å². The van der Waals surface area contributed by atoms with E-state index in [4.69, 9.17) is 11.6 Å². The van der Waals surface area contributed by atoms with Crippen LogP contribution in [0.5, 0.6) is 0 Å². The fraction of sp³-hybridized carbons (Fsp3) is 0.300. The topological polar surface area (TPSA) is 91.0 Å². The monoisotopic (exact) mass is 427 g/mol. The summed E-state index contributed by atoms with van der Waals surface area (Å²) in [6.07, 6.45) is 2.87. The number of aromatic amines is 1. The molecule has 0 spiro atoms. The number of hydrogen-bond donors (Lipinski definition) is 2. The Morgan fingerprint density at radius 3 is 3.03 bits per heavy atom. The zero-order valence-corrected chi connectivity index (χ0v) is 17.2. The van der Waals surface area contributed by atoms with Gasteiger partial charge in [0.25, 0.3) is 0 Å². The fourth-order valence-corrected chi connectivity index (χ4v) is 5.51. The number of anilines is 1. The molecule has 2 aliphatic rings. The van der Waals surface area contributed by atoms with Crippen molar-refractivity contribution in [3.05, 3.63) is 41.6 Å². The summed E-state index contributed by atoms with van der Waals surface area (Å²) in [4.78, 5) is 38.7. The second-order valence-electron chi connectivity index (χ2n) is 7.43. The van der Waals surface area contributed by atoms with Crippen LogP contribution in [-0.2, 0) is 9.59 Å². The molecule has 0 saturated carbocycles. The standard InChI is InChI=1S/C20H18ClN5O2S/c1-20-7-6-17(27)26(20)16(10-29-20)19(28)23-12-3-5-13-15(8-12)25-18(24-13)14-4-2-11(21)9-22-14/h2-5,8-9,16H,6-7,10H2,1H3,(H,23,28)(H,24,25)/t16-,20-/m0/s1. The molecule has 2 aliphatic heterocycles. The second kappa shape index (κ2) is 6.74. The molecule has 7 nitrogen and oxygen atoms in total. The maximum absolute atomic E-state index is 12.9. The molecule has 2 fully saturated rings. The number of rotatable bonds is 3. The normalized spacial score (nSPS) is 23.6. The number of nitrogens with zero attached hydrogens (tertiary/aromatic N) is 3. The molecule has 2 saturated heterocycles. The van der Waals surface area contributed by atoms with Gasteiger partial charge in [-0.3, -0.25) is 14.6 Å². The Bertz CT molecular complexity index is 1130. The lowest BCUT2D eigenvalue weighted by atomic mass is 10.2. The first-order valence-corrected chi connectivity index (χ1v) is 10.7. The van der Waals surface area contributed by atoms with Crippen molar-refractivity contribution in [2.45, 2.75) is 30.7 Å². The minimum atomic E-state index is -0.439. The molecule has 0 unspecified atom stereocenters. The summed E-state index contributed by atoms with van der Waals surface area (Å²) >= 11 is 7.58. The van der Waals surface area contributed by atoms with Crippen molar-refractivity contribution >= 4 is 51.9 Å². The summed E-state index contributed by atoms with van der Waals surface area (Å²) in [6, 6.07) is 8.61. The highest BCUT2D eigenvalue weighted by atomic mass is 35.5. The molecule has 4 heterocycles. The van der Waals surface area contributed by atoms with Crippen molar-refractivity contribution in [3.8, 4) is 11.5 Å². The molecule has 0 aliphatic carbocycles. The number of thioether (sulfide) groups is 1. The van der Waals surface area contributed by atoms with Crippen LogP contribution in [0, 0.1) is 0 Å². The first kappa shape index (κ1) is 18.4. The van der Waals surface area contributed by atoms with Crippen LogP contribution >= 0.6 is 23.4 Å². The lowest BCUT2D eigenvalue weighted by molar-refractivity contribution is -0.135. The molecular weight excluding hydrogens is 410 g/mol. The number of aromatic nitrogens is 3. The summed E-state index contributed by atoms with van der Waals surface area (Å²) < 4.78 is 0. The summed E-state index contributed by atoms with van der Waals surface area (Å²) in [5.41, 5.74) is 2.91. The maximum Gasteiger partial charge on any atom is 0.248 e. The third kappa shape index (κ3) is 3.16. The highest BCUT2D eigenvalue weighted by molar-refractivity contribution is 8.01. The van der Waals surface area contributed by atoms with E-state index >= 15 is 0 Å². The molecule has 9 heteroatoms. The van der Waals surface area contributed by atoms with Gasteiger partial charge in [0, 0.05) is 24.1 Å². The number of hydrogen-bond acceptors (Lipinski definition) is 5. The smallest absolute Gasteiger partial charge is 0.248 e. The first-order valence-electron chi connectivity index (χ1n) is 9.32. The Labute approximate surface area is 176 Å². The van der Waals surface area contributed by atoms with Crippen LogP contribution in [0.1, 0.15) is 19.8 Å². The number of carbonyl (C=O) groups is 2. The van der Waals surface area contributed by atoms with Crippen molar-refractivity contribution < 1.29 is 9.59 Å². The van der Waals surface area contributed by atoms with Crippen LogP contribution in [0.4, 0.5) is 5.69 Å². The van der Waals surface area contributed by atoms with Gasteiger partial charge in [-0.05, 0) is 43.7 Å².